The third-order valence-corrected chi connectivity index (χ3v) is 4.13. The van der Waals surface area contributed by atoms with Crippen LogP contribution in [0.5, 0.6) is 0 Å². The van der Waals surface area contributed by atoms with Gasteiger partial charge in [-0.05, 0) is 12.1 Å². The van der Waals surface area contributed by atoms with E-state index < -0.39 is 10.7 Å². The van der Waals surface area contributed by atoms with E-state index in [1.807, 2.05) is 24.3 Å². The van der Waals surface area contributed by atoms with Crippen molar-refractivity contribution in [3.63, 3.8) is 0 Å². The first kappa shape index (κ1) is 13.4. The number of thiol groups is 2. The molecule has 7 heteroatoms. The van der Waals surface area contributed by atoms with Gasteiger partial charge in [-0.25, -0.2) is 13.4 Å². The SMILES string of the molecule is O=[SH](=O)CNc1ccc(-c2ncsc2CS)cc1. The second kappa shape index (κ2) is 6.21. The van der Waals surface area contributed by atoms with Crippen molar-refractivity contribution < 1.29 is 8.42 Å². The van der Waals surface area contributed by atoms with Gasteiger partial charge >= 0.3 is 0 Å². The van der Waals surface area contributed by atoms with E-state index in [0.29, 0.717) is 5.75 Å². The van der Waals surface area contributed by atoms with Gasteiger partial charge in [-0.2, -0.15) is 12.6 Å². The maximum atomic E-state index is 10.5. The van der Waals surface area contributed by atoms with E-state index in [9.17, 15) is 8.42 Å². The standard InChI is InChI=1S/C11H12N2O2S3/c14-18(15)7-13-9-3-1-8(2-4-9)11-10(5-16)17-6-12-11/h1-4,6,13,16,18H,5,7H2. The molecule has 0 aliphatic rings. The average Bonchev–Trinajstić information content (AvgIpc) is 2.85. The molecule has 1 aromatic carbocycles. The predicted molar refractivity (Wildman–Crippen MR) is 79.0 cm³/mol. The van der Waals surface area contributed by atoms with Crippen molar-refractivity contribution in [1.82, 2.24) is 4.98 Å². The maximum absolute atomic E-state index is 10.5. The van der Waals surface area contributed by atoms with Gasteiger partial charge in [0.25, 0.3) is 0 Å². The van der Waals surface area contributed by atoms with E-state index in [-0.39, 0.29) is 5.88 Å². The van der Waals surface area contributed by atoms with Gasteiger partial charge in [0.05, 0.1) is 11.2 Å². The van der Waals surface area contributed by atoms with E-state index >= 15 is 0 Å². The fourth-order valence-corrected chi connectivity index (χ4v) is 2.85. The van der Waals surface area contributed by atoms with Gasteiger partial charge < -0.3 is 5.32 Å². The first-order chi connectivity index (χ1) is 8.70. The van der Waals surface area contributed by atoms with Crippen LogP contribution in [0.2, 0.25) is 0 Å². The summed E-state index contributed by atoms with van der Waals surface area (Å²) >= 11 is 5.84. The molecule has 2 rings (SSSR count). The number of hydrogen-bond acceptors (Lipinski definition) is 6. The second-order valence-electron chi connectivity index (χ2n) is 3.53. The lowest BCUT2D eigenvalue weighted by atomic mass is 10.1. The molecule has 96 valence electrons. The third-order valence-electron chi connectivity index (χ3n) is 2.36. The summed E-state index contributed by atoms with van der Waals surface area (Å²) in [7, 11) is -2.41. The van der Waals surface area contributed by atoms with E-state index in [0.717, 1.165) is 21.8 Å². The summed E-state index contributed by atoms with van der Waals surface area (Å²) < 4.78 is 20.9. The van der Waals surface area contributed by atoms with Crippen molar-refractivity contribution in [2.24, 2.45) is 0 Å². The van der Waals surface area contributed by atoms with E-state index in [1.165, 1.54) is 0 Å². The molecule has 0 radical (unpaired) electrons. The smallest absolute Gasteiger partial charge is 0.158 e. The van der Waals surface area contributed by atoms with Gasteiger partial charge in [0.1, 0.15) is 5.88 Å². The van der Waals surface area contributed by atoms with E-state index in [1.54, 1.807) is 16.8 Å². The highest BCUT2D eigenvalue weighted by atomic mass is 32.2. The van der Waals surface area contributed by atoms with Crippen molar-refractivity contribution >= 4 is 40.4 Å². The number of aromatic nitrogens is 1. The molecule has 0 fully saturated rings. The highest BCUT2D eigenvalue weighted by Crippen LogP contribution is 2.27. The Balaban J connectivity index is 2.17. The van der Waals surface area contributed by atoms with Crippen LogP contribution in [0.3, 0.4) is 0 Å². The van der Waals surface area contributed by atoms with E-state index in [4.69, 9.17) is 0 Å². The number of rotatable bonds is 5. The van der Waals surface area contributed by atoms with Gasteiger partial charge in [-0.3, -0.25) is 0 Å². The first-order valence-corrected chi connectivity index (χ1v) is 8.07. The fourth-order valence-electron chi connectivity index (χ4n) is 1.52. The summed E-state index contributed by atoms with van der Waals surface area (Å²) in [5.74, 6) is 0.615. The van der Waals surface area contributed by atoms with Crippen LogP contribution in [0, 0.1) is 0 Å². The van der Waals surface area contributed by atoms with Crippen LogP contribution in [0.1, 0.15) is 4.88 Å². The maximum Gasteiger partial charge on any atom is 0.158 e. The zero-order valence-corrected chi connectivity index (χ0v) is 12.0. The summed E-state index contributed by atoms with van der Waals surface area (Å²) in [6.45, 7) is 0. The number of benzene rings is 1. The molecular formula is C11H12N2O2S3. The van der Waals surface area contributed by atoms with Crippen LogP contribution < -0.4 is 5.32 Å². The average molecular weight is 300 g/mol. The van der Waals surface area contributed by atoms with Crippen LogP contribution in [0.25, 0.3) is 11.3 Å². The van der Waals surface area contributed by atoms with Crippen LogP contribution in [-0.4, -0.2) is 19.3 Å². The Kier molecular flexibility index (Phi) is 4.62. The van der Waals surface area contributed by atoms with Crippen molar-refractivity contribution in [3.05, 3.63) is 34.7 Å². The van der Waals surface area contributed by atoms with Gasteiger partial charge in [0.2, 0.25) is 0 Å². The Morgan fingerprint density at radius 3 is 2.61 bits per heavy atom. The molecule has 0 spiro atoms. The summed E-state index contributed by atoms with van der Waals surface area (Å²) in [5, 5.41) is 2.82. The van der Waals surface area contributed by atoms with E-state index in [2.05, 4.69) is 22.9 Å². The van der Waals surface area contributed by atoms with Gasteiger partial charge in [0.15, 0.2) is 10.7 Å². The van der Waals surface area contributed by atoms with Crippen LogP contribution in [0.15, 0.2) is 29.8 Å². The summed E-state index contributed by atoms with van der Waals surface area (Å²) in [6, 6.07) is 7.52. The summed E-state index contributed by atoms with van der Waals surface area (Å²) in [6.07, 6.45) is 0. The Labute approximate surface area is 116 Å². The highest BCUT2D eigenvalue weighted by Gasteiger charge is 2.06. The lowest BCUT2D eigenvalue weighted by Crippen LogP contribution is -2.02. The van der Waals surface area contributed by atoms with Gasteiger partial charge in [-0.15, -0.1) is 11.3 Å². The van der Waals surface area contributed by atoms with Crippen molar-refractivity contribution in [1.29, 1.82) is 0 Å². The molecule has 1 aromatic heterocycles. The molecule has 18 heavy (non-hydrogen) atoms. The van der Waals surface area contributed by atoms with Crippen molar-refractivity contribution in [3.8, 4) is 11.3 Å². The highest BCUT2D eigenvalue weighted by molar-refractivity contribution is 7.79. The number of nitrogens with zero attached hydrogens (tertiary/aromatic N) is 1. The largest absolute Gasteiger partial charge is 0.372 e. The lowest BCUT2D eigenvalue weighted by molar-refractivity contribution is 0.616. The molecule has 1 N–H and O–H groups in total. The quantitative estimate of drug-likeness (QED) is 0.741. The van der Waals surface area contributed by atoms with Crippen molar-refractivity contribution in [2.75, 3.05) is 11.2 Å². The number of anilines is 1. The van der Waals surface area contributed by atoms with Crippen molar-refractivity contribution in [2.45, 2.75) is 5.75 Å². The molecule has 2 aromatic rings. The molecule has 4 nitrogen and oxygen atoms in total. The molecule has 0 amide bonds. The Hall–Kier alpha value is -1.05. The molecule has 0 aliphatic carbocycles. The minimum atomic E-state index is -2.41. The molecule has 0 unspecified atom stereocenters. The minimum Gasteiger partial charge on any atom is -0.372 e. The first-order valence-electron chi connectivity index (χ1n) is 5.20. The molecule has 0 bridgehead atoms. The Morgan fingerprint density at radius 2 is 2.00 bits per heavy atom. The topological polar surface area (TPSA) is 59.1 Å². The fraction of sp³-hybridized carbons (Fsp3) is 0.182. The molecule has 0 saturated carbocycles. The minimum absolute atomic E-state index is 0.0483. The van der Waals surface area contributed by atoms with Gasteiger partial charge in [-0.1, -0.05) is 12.1 Å². The third kappa shape index (κ3) is 3.24. The predicted octanol–water partition coefficient (Wildman–Crippen LogP) is 2.22. The molecule has 0 atom stereocenters. The number of thiazole rings is 1. The number of hydrogen-bond donors (Lipinski definition) is 3. The lowest BCUT2D eigenvalue weighted by Gasteiger charge is -2.04. The molecule has 0 aliphatic heterocycles. The molecule has 1 heterocycles. The zero-order valence-electron chi connectivity index (χ0n) is 9.37. The van der Waals surface area contributed by atoms with Crippen LogP contribution in [0.4, 0.5) is 5.69 Å². The Bertz CT molecular complexity index is 583. The molecule has 0 saturated heterocycles. The van der Waals surface area contributed by atoms with Crippen LogP contribution >= 0.6 is 24.0 Å². The van der Waals surface area contributed by atoms with Gasteiger partial charge in [0, 0.05) is 21.9 Å². The van der Waals surface area contributed by atoms with Crippen LogP contribution in [-0.2, 0) is 16.5 Å². The monoisotopic (exact) mass is 300 g/mol. The Morgan fingerprint density at radius 1 is 1.28 bits per heavy atom. The number of nitrogens with one attached hydrogen (secondary N) is 1. The second-order valence-corrected chi connectivity index (χ2v) is 5.76. The zero-order chi connectivity index (χ0) is 13.0. The summed E-state index contributed by atoms with van der Waals surface area (Å²) in [4.78, 5) is 5.44. The summed E-state index contributed by atoms with van der Waals surface area (Å²) in [5.41, 5.74) is 4.53. The normalized spacial score (nSPS) is 10.8. The molecular weight excluding hydrogens is 288 g/mol.